The van der Waals surface area contributed by atoms with Crippen LogP contribution in [0.3, 0.4) is 0 Å². The maximum Gasteiger partial charge on any atom is 0.253 e. The average molecular weight is 364 g/mol. The summed E-state index contributed by atoms with van der Waals surface area (Å²) in [6.07, 6.45) is 0.764. The second-order valence-corrected chi connectivity index (χ2v) is 7.71. The summed E-state index contributed by atoms with van der Waals surface area (Å²) in [4.78, 5) is 18.7. The lowest BCUT2D eigenvalue weighted by Crippen LogP contribution is -2.28. The van der Waals surface area contributed by atoms with E-state index in [-0.39, 0.29) is 16.7 Å². The summed E-state index contributed by atoms with van der Waals surface area (Å²) in [5.41, 5.74) is 0.456. The van der Waals surface area contributed by atoms with Gasteiger partial charge in [0.2, 0.25) is 15.9 Å². The Kier molecular flexibility index (Phi) is 4.87. The second-order valence-electron chi connectivity index (χ2n) is 5.94. The Balaban J connectivity index is 1.69. The Hall–Kier alpha value is -2.26. The maximum atomic E-state index is 12.6. The third-order valence-corrected chi connectivity index (χ3v) is 5.68. The van der Waals surface area contributed by atoms with Crippen molar-refractivity contribution in [2.45, 2.75) is 31.1 Å². The minimum absolute atomic E-state index is 0.0403. The van der Waals surface area contributed by atoms with Crippen molar-refractivity contribution in [2.75, 3.05) is 19.6 Å². The average Bonchev–Trinajstić information content (AvgIpc) is 3.23. The third kappa shape index (κ3) is 3.72. The van der Waals surface area contributed by atoms with E-state index in [0.717, 1.165) is 6.42 Å². The minimum Gasteiger partial charge on any atom is -0.339 e. The highest BCUT2D eigenvalue weighted by molar-refractivity contribution is 7.89. The van der Waals surface area contributed by atoms with Crippen molar-refractivity contribution >= 4 is 15.9 Å². The van der Waals surface area contributed by atoms with Crippen molar-refractivity contribution in [2.24, 2.45) is 0 Å². The zero-order chi connectivity index (χ0) is 18.0. The van der Waals surface area contributed by atoms with Crippen LogP contribution in [0.2, 0.25) is 0 Å². The summed E-state index contributed by atoms with van der Waals surface area (Å²) in [5.74, 6) is 1.04. The Labute approximate surface area is 146 Å². The molecule has 1 fully saturated rings. The lowest BCUT2D eigenvalue weighted by atomic mass is 10.1. The van der Waals surface area contributed by atoms with Gasteiger partial charge in [-0.15, -0.1) is 0 Å². The lowest BCUT2D eigenvalue weighted by molar-refractivity contribution is 0.0789. The molecule has 2 aromatic rings. The van der Waals surface area contributed by atoms with E-state index in [1.165, 1.54) is 24.3 Å². The predicted octanol–water partition coefficient (Wildman–Crippen LogP) is 1.31. The van der Waals surface area contributed by atoms with Gasteiger partial charge in [-0.2, -0.15) is 4.98 Å². The Bertz CT molecular complexity index is 861. The molecule has 1 aliphatic heterocycles. The molecule has 134 valence electrons. The molecular formula is C16H20N4O4S. The SMILES string of the molecule is CCNS(=O)(=O)c1ccc(C(=O)N2CCC(c3nc(C)no3)C2)cc1. The van der Waals surface area contributed by atoms with Gasteiger partial charge in [-0.1, -0.05) is 12.1 Å². The van der Waals surface area contributed by atoms with Crippen LogP contribution in [0.1, 0.15) is 41.3 Å². The molecule has 0 bridgehead atoms. The fourth-order valence-corrected chi connectivity index (χ4v) is 3.90. The molecule has 9 heteroatoms. The molecule has 0 saturated carbocycles. The van der Waals surface area contributed by atoms with Gasteiger partial charge in [0.1, 0.15) is 0 Å². The van der Waals surface area contributed by atoms with Crippen molar-refractivity contribution in [1.29, 1.82) is 0 Å². The smallest absolute Gasteiger partial charge is 0.253 e. The molecule has 1 saturated heterocycles. The molecule has 1 amide bonds. The van der Waals surface area contributed by atoms with Crippen LogP contribution in [-0.4, -0.2) is 49.0 Å². The zero-order valence-electron chi connectivity index (χ0n) is 14.1. The number of aromatic nitrogens is 2. The van der Waals surface area contributed by atoms with Gasteiger partial charge < -0.3 is 9.42 Å². The molecule has 25 heavy (non-hydrogen) atoms. The fourth-order valence-electron chi connectivity index (χ4n) is 2.86. The van der Waals surface area contributed by atoms with Gasteiger partial charge in [0.15, 0.2) is 5.82 Å². The maximum absolute atomic E-state index is 12.6. The molecule has 1 N–H and O–H groups in total. The Morgan fingerprint density at radius 2 is 2.08 bits per heavy atom. The van der Waals surface area contributed by atoms with E-state index in [0.29, 0.717) is 36.9 Å². The normalized spacial score (nSPS) is 17.8. The fraction of sp³-hybridized carbons (Fsp3) is 0.438. The van der Waals surface area contributed by atoms with Crippen LogP contribution in [0.15, 0.2) is 33.7 Å². The molecule has 0 spiro atoms. The van der Waals surface area contributed by atoms with Crippen molar-refractivity contribution < 1.29 is 17.7 Å². The van der Waals surface area contributed by atoms with E-state index < -0.39 is 10.0 Å². The minimum atomic E-state index is -3.52. The molecule has 2 heterocycles. The number of nitrogens with one attached hydrogen (secondary N) is 1. The van der Waals surface area contributed by atoms with E-state index in [1.54, 1.807) is 18.7 Å². The van der Waals surface area contributed by atoms with Gasteiger partial charge in [0.05, 0.1) is 10.8 Å². The van der Waals surface area contributed by atoms with Crippen LogP contribution in [0.25, 0.3) is 0 Å². The molecule has 1 atom stereocenters. The van der Waals surface area contributed by atoms with Crippen molar-refractivity contribution in [1.82, 2.24) is 19.8 Å². The van der Waals surface area contributed by atoms with Crippen LogP contribution >= 0.6 is 0 Å². The van der Waals surface area contributed by atoms with Gasteiger partial charge in [-0.05, 0) is 37.6 Å². The quantitative estimate of drug-likeness (QED) is 0.857. The lowest BCUT2D eigenvalue weighted by Gasteiger charge is -2.16. The second kappa shape index (κ2) is 6.93. The summed E-state index contributed by atoms with van der Waals surface area (Å²) >= 11 is 0. The van der Waals surface area contributed by atoms with Crippen molar-refractivity contribution in [3.63, 3.8) is 0 Å². The first kappa shape index (κ1) is 17.6. The number of likely N-dealkylation sites (tertiary alicyclic amines) is 1. The predicted molar refractivity (Wildman–Crippen MR) is 89.6 cm³/mol. The highest BCUT2D eigenvalue weighted by atomic mass is 32.2. The van der Waals surface area contributed by atoms with Gasteiger partial charge in [-0.3, -0.25) is 4.79 Å². The molecule has 0 radical (unpaired) electrons. The van der Waals surface area contributed by atoms with Gasteiger partial charge in [-0.25, -0.2) is 13.1 Å². The standard InChI is InChI=1S/C16H20N4O4S/c1-3-17-25(22,23)14-6-4-12(5-7-14)16(21)20-9-8-13(10-20)15-18-11(2)19-24-15/h4-7,13,17H,3,8-10H2,1-2H3. The molecular weight excluding hydrogens is 344 g/mol. The molecule has 8 nitrogen and oxygen atoms in total. The van der Waals surface area contributed by atoms with E-state index in [9.17, 15) is 13.2 Å². The summed E-state index contributed by atoms with van der Waals surface area (Å²) < 4.78 is 31.5. The largest absolute Gasteiger partial charge is 0.339 e. The highest BCUT2D eigenvalue weighted by Crippen LogP contribution is 2.27. The number of sulfonamides is 1. The van der Waals surface area contributed by atoms with E-state index >= 15 is 0 Å². The van der Waals surface area contributed by atoms with Crippen LogP contribution in [-0.2, 0) is 10.0 Å². The monoisotopic (exact) mass is 364 g/mol. The number of benzene rings is 1. The van der Waals surface area contributed by atoms with Crippen LogP contribution in [0.5, 0.6) is 0 Å². The number of aryl methyl sites for hydroxylation is 1. The molecule has 1 aromatic heterocycles. The number of nitrogens with zero attached hydrogens (tertiary/aromatic N) is 3. The first-order valence-corrected chi connectivity index (χ1v) is 9.58. The van der Waals surface area contributed by atoms with Crippen molar-refractivity contribution in [3.8, 4) is 0 Å². The molecule has 1 aromatic carbocycles. The first-order chi connectivity index (χ1) is 11.9. The van der Waals surface area contributed by atoms with Gasteiger partial charge in [0.25, 0.3) is 5.91 Å². The van der Waals surface area contributed by atoms with E-state index in [4.69, 9.17) is 4.52 Å². The number of carbonyl (C=O) groups excluding carboxylic acids is 1. The van der Waals surface area contributed by atoms with Crippen LogP contribution < -0.4 is 4.72 Å². The molecule has 1 unspecified atom stereocenters. The topological polar surface area (TPSA) is 105 Å². The zero-order valence-corrected chi connectivity index (χ0v) is 14.9. The van der Waals surface area contributed by atoms with Gasteiger partial charge in [0, 0.05) is 25.2 Å². The first-order valence-electron chi connectivity index (χ1n) is 8.10. The van der Waals surface area contributed by atoms with Crippen LogP contribution in [0, 0.1) is 6.92 Å². The number of amides is 1. The third-order valence-electron chi connectivity index (χ3n) is 4.11. The number of hydrogen-bond donors (Lipinski definition) is 1. The van der Waals surface area contributed by atoms with Gasteiger partial charge >= 0.3 is 0 Å². The number of rotatable bonds is 5. The summed E-state index contributed by atoms with van der Waals surface area (Å²) in [6.45, 7) is 4.89. The highest BCUT2D eigenvalue weighted by Gasteiger charge is 2.31. The molecule has 0 aliphatic carbocycles. The van der Waals surface area contributed by atoms with E-state index in [2.05, 4.69) is 14.9 Å². The summed E-state index contributed by atoms with van der Waals surface area (Å²) in [5, 5.41) is 3.78. The van der Waals surface area contributed by atoms with Crippen LogP contribution in [0.4, 0.5) is 0 Å². The summed E-state index contributed by atoms with van der Waals surface area (Å²) in [7, 11) is -3.52. The molecule has 1 aliphatic rings. The van der Waals surface area contributed by atoms with E-state index in [1.807, 2.05) is 0 Å². The summed E-state index contributed by atoms with van der Waals surface area (Å²) in [6, 6.07) is 5.97. The number of hydrogen-bond acceptors (Lipinski definition) is 6. The molecule has 3 rings (SSSR count). The Morgan fingerprint density at radius 3 is 2.68 bits per heavy atom. The Morgan fingerprint density at radius 1 is 1.36 bits per heavy atom. The van der Waals surface area contributed by atoms with Crippen molar-refractivity contribution in [3.05, 3.63) is 41.5 Å². The number of carbonyl (C=O) groups is 1.